The number of aliphatic hydroxyl groups excluding tert-OH is 1. The van der Waals surface area contributed by atoms with Crippen LogP contribution in [0.3, 0.4) is 0 Å². The van der Waals surface area contributed by atoms with Gasteiger partial charge in [0, 0.05) is 38.0 Å². The molecule has 2 amide bonds. The highest BCUT2D eigenvalue weighted by Gasteiger charge is 2.32. The summed E-state index contributed by atoms with van der Waals surface area (Å²) in [6, 6.07) is 30.4. The van der Waals surface area contributed by atoms with Crippen molar-refractivity contribution in [1.82, 2.24) is 9.80 Å². The van der Waals surface area contributed by atoms with Crippen LogP contribution in [-0.2, 0) is 22.7 Å². The third kappa shape index (κ3) is 15.8. The van der Waals surface area contributed by atoms with Crippen LogP contribution in [0.15, 0.2) is 97.1 Å². The number of benzene rings is 4. The van der Waals surface area contributed by atoms with Gasteiger partial charge in [-0.2, -0.15) is 0 Å². The maximum Gasteiger partial charge on any atom is 0.410 e. The van der Waals surface area contributed by atoms with E-state index in [1.807, 2.05) is 113 Å². The lowest BCUT2D eigenvalue weighted by Gasteiger charge is -2.37. The fourth-order valence-corrected chi connectivity index (χ4v) is 6.68. The van der Waals surface area contributed by atoms with Gasteiger partial charge in [0.25, 0.3) is 0 Å². The van der Waals surface area contributed by atoms with Crippen molar-refractivity contribution < 1.29 is 42.8 Å². The molecule has 59 heavy (non-hydrogen) atoms. The number of carbonyl (C=O) groups excluding carboxylic acids is 2. The molecule has 0 saturated carbocycles. The fourth-order valence-electron chi connectivity index (χ4n) is 6.68. The van der Waals surface area contributed by atoms with Crippen molar-refractivity contribution in [3.8, 4) is 17.2 Å². The van der Waals surface area contributed by atoms with Gasteiger partial charge in [0.1, 0.15) is 19.3 Å². The lowest BCUT2D eigenvalue weighted by molar-refractivity contribution is 0.0315. The van der Waals surface area contributed by atoms with E-state index in [2.05, 4.69) is 6.92 Å². The topological polar surface area (TPSA) is 107 Å². The van der Waals surface area contributed by atoms with Crippen LogP contribution in [0.2, 0.25) is 0 Å². The van der Waals surface area contributed by atoms with Gasteiger partial charge in [-0.05, 0) is 99.9 Å². The molecular formula is C48H63FN2O8. The Labute approximate surface area is 350 Å². The van der Waals surface area contributed by atoms with Crippen LogP contribution in [0.25, 0.3) is 0 Å². The van der Waals surface area contributed by atoms with Gasteiger partial charge in [0.05, 0.1) is 19.3 Å². The number of likely N-dealkylation sites (tertiary alicyclic amines) is 2. The average Bonchev–Trinajstić information content (AvgIpc) is 3.23. The lowest BCUT2D eigenvalue weighted by Crippen LogP contribution is -2.47. The van der Waals surface area contributed by atoms with E-state index in [0.717, 1.165) is 59.4 Å². The van der Waals surface area contributed by atoms with Crippen molar-refractivity contribution in [2.45, 2.75) is 118 Å². The van der Waals surface area contributed by atoms with E-state index in [1.165, 1.54) is 6.07 Å². The monoisotopic (exact) mass is 814 g/mol. The summed E-state index contributed by atoms with van der Waals surface area (Å²) < 4.78 is 41.1. The Morgan fingerprint density at radius 1 is 0.661 bits per heavy atom. The fraction of sp³-hybridized carbons (Fsp3) is 0.458. The molecule has 4 unspecified atom stereocenters. The molecule has 0 radical (unpaired) electrons. The lowest BCUT2D eigenvalue weighted by atomic mass is 10.0. The smallest absolute Gasteiger partial charge is 0.410 e. The predicted molar refractivity (Wildman–Crippen MR) is 228 cm³/mol. The molecule has 0 aliphatic carbocycles. The van der Waals surface area contributed by atoms with Crippen molar-refractivity contribution in [3.63, 3.8) is 0 Å². The summed E-state index contributed by atoms with van der Waals surface area (Å²) >= 11 is 0. The number of hydrogen-bond donors (Lipinski definition) is 1. The third-order valence-corrected chi connectivity index (χ3v) is 9.96. The van der Waals surface area contributed by atoms with Crippen molar-refractivity contribution in [2.24, 2.45) is 0 Å². The summed E-state index contributed by atoms with van der Waals surface area (Å²) in [6.45, 7) is 15.0. The van der Waals surface area contributed by atoms with Gasteiger partial charge in [0.15, 0.2) is 23.1 Å². The molecular weight excluding hydrogens is 752 g/mol. The third-order valence-electron chi connectivity index (χ3n) is 9.96. The highest BCUT2D eigenvalue weighted by Crippen LogP contribution is 2.32. The number of hydrogen-bond acceptors (Lipinski definition) is 8. The molecule has 2 fully saturated rings. The number of halogens is 1. The van der Waals surface area contributed by atoms with E-state index >= 15 is 0 Å². The second kappa shape index (κ2) is 24.6. The number of carbonyl (C=O) groups is 2. The number of aliphatic hydroxyl groups is 1. The van der Waals surface area contributed by atoms with Crippen molar-refractivity contribution in [3.05, 3.63) is 125 Å². The molecule has 6 rings (SSSR count). The summed E-state index contributed by atoms with van der Waals surface area (Å²) in [7, 11) is 0. The Morgan fingerprint density at radius 3 is 1.68 bits per heavy atom. The molecule has 0 aromatic heterocycles. The first-order valence-electron chi connectivity index (χ1n) is 20.9. The first kappa shape index (κ1) is 46.4. The zero-order valence-corrected chi connectivity index (χ0v) is 35.6. The summed E-state index contributed by atoms with van der Waals surface area (Å²) in [5, 5.41) is 9.51. The highest BCUT2D eigenvalue weighted by atomic mass is 19.1. The normalized spacial score (nSPS) is 18.6. The Morgan fingerprint density at radius 2 is 1.15 bits per heavy atom. The largest absolute Gasteiger partial charge is 0.491 e. The molecule has 4 aromatic rings. The quantitative estimate of drug-likeness (QED) is 0.151. The van der Waals surface area contributed by atoms with Crippen molar-refractivity contribution in [1.29, 1.82) is 0 Å². The molecule has 2 aliphatic rings. The number of amides is 2. The van der Waals surface area contributed by atoms with E-state index in [4.69, 9.17) is 23.7 Å². The van der Waals surface area contributed by atoms with Gasteiger partial charge in [-0.25, -0.2) is 14.0 Å². The minimum atomic E-state index is -0.293. The van der Waals surface area contributed by atoms with Gasteiger partial charge in [-0.3, -0.25) is 0 Å². The molecule has 4 aromatic carbocycles. The van der Waals surface area contributed by atoms with Crippen LogP contribution in [-0.4, -0.2) is 77.7 Å². The maximum atomic E-state index is 13.0. The Balaban J connectivity index is 0.000000217. The van der Waals surface area contributed by atoms with Crippen LogP contribution in [0.4, 0.5) is 14.0 Å². The van der Waals surface area contributed by atoms with Crippen LogP contribution in [0, 0.1) is 19.7 Å². The number of ether oxygens (including phenoxy) is 5. The van der Waals surface area contributed by atoms with Gasteiger partial charge >= 0.3 is 12.2 Å². The first-order valence-corrected chi connectivity index (χ1v) is 20.9. The van der Waals surface area contributed by atoms with E-state index in [9.17, 15) is 19.1 Å². The highest BCUT2D eigenvalue weighted by molar-refractivity contribution is 5.68. The maximum absolute atomic E-state index is 13.0. The van der Waals surface area contributed by atoms with Gasteiger partial charge in [0.2, 0.25) is 0 Å². The summed E-state index contributed by atoms with van der Waals surface area (Å²) in [5.74, 6) is 1.65. The van der Waals surface area contributed by atoms with E-state index < -0.39 is 0 Å². The first-order chi connectivity index (χ1) is 28.5. The second-order valence-corrected chi connectivity index (χ2v) is 15.2. The van der Waals surface area contributed by atoms with Crippen LogP contribution < -0.4 is 14.2 Å². The molecule has 0 spiro atoms. The van der Waals surface area contributed by atoms with Gasteiger partial charge < -0.3 is 38.6 Å². The molecule has 1 N–H and O–H groups in total. The zero-order chi connectivity index (χ0) is 42.6. The average molecular weight is 815 g/mol. The molecule has 4 atom stereocenters. The molecule has 0 bridgehead atoms. The van der Waals surface area contributed by atoms with Gasteiger partial charge in [-0.15, -0.1) is 0 Å². The second-order valence-electron chi connectivity index (χ2n) is 15.2. The SMILES string of the molecule is CC1CC(O)CCN1C(=O)OCc1ccccc1.CCCOc1cc(C)ccc1F.CCCOc1cc(C)ccc1OC1CCN(C(=O)OCc2ccccc2)C(C)C1. The molecule has 2 saturated heterocycles. The summed E-state index contributed by atoms with van der Waals surface area (Å²) in [6.07, 6.45) is 3.84. The van der Waals surface area contributed by atoms with Crippen molar-refractivity contribution in [2.75, 3.05) is 26.3 Å². The van der Waals surface area contributed by atoms with E-state index in [1.54, 1.807) is 21.9 Å². The van der Waals surface area contributed by atoms with E-state index in [0.29, 0.717) is 58.1 Å². The molecule has 2 heterocycles. The Bertz CT molecular complexity index is 1850. The molecule has 11 heteroatoms. The molecule has 10 nitrogen and oxygen atoms in total. The number of aryl methyl sites for hydroxylation is 2. The Kier molecular flexibility index (Phi) is 19.3. The van der Waals surface area contributed by atoms with Crippen LogP contribution in [0.5, 0.6) is 17.2 Å². The number of rotatable bonds is 12. The summed E-state index contributed by atoms with van der Waals surface area (Å²) in [4.78, 5) is 27.9. The minimum Gasteiger partial charge on any atom is -0.491 e. The van der Waals surface area contributed by atoms with Crippen molar-refractivity contribution >= 4 is 12.2 Å². The summed E-state index contributed by atoms with van der Waals surface area (Å²) in [5.41, 5.74) is 4.14. The van der Waals surface area contributed by atoms with Crippen LogP contribution >= 0.6 is 0 Å². The molecule has 320 valence electrons. The number of nitrogens with zero attached hydrogens (tertiary/aromatic N) is 2. The number of piperidine rings is 2. The standard InChI is InChI=1S/C24H31NO4.C14H19NO3.C10H13FO/c1-4-14-27-23-15-18(2)10-11-22(23)29-21-12-13-25(19(3)16-21)24(26)28-17-20-8-6-5-7-9-20;1-11-9-13(16)7-8-15(11)14(17)18-10-12-5-3-2-4-6-12;1-3-6-12-10-7-8(2)4-5-9(10)11/h5-11,15,19,21H,4,12-14,16-17H2,1-3H3;2-6,11,13,16H,7-10H2,1H3;4-5,7H,3,6H2,1-2H3. The zero-order valence-electron chi connectivity index (χ0n) is 35.6. The minimum absolute atomic E-state index is 0.0389. The Hall–Kier alpha value is -5.29. The van der Waals surface area contributed by atoms with Gasteiger partial charge in [-0.1, -0.05) is 86.6 Å². The molecule has 2 aliphatic heterocycles. The van der Waals surface area contributed by atoms with Crippen LogP contribution in [0.1, 0.15) is 88.5 Å². The van der Waals surface area contributed by atoms with E-state index in [-0.39, 0.29) is 42.3 Å². The predicted octanol–water partition coefficient (Wildman–Crippen LogP) is 10.4.